The Balaban J connectivity index is 1.42. The van der Waals surface area contributed by atoms with Crippen LogP contribution in [0, 0.1) is 10.1 Å². The van der Waals surface area contributed by atoms with E-state index in [2.05, 4.69) is 4.98 Å². The molecule has 31 heavy (non-hydrogen) atoms. The average molecular weight is 440 g/mol. The Morgan fingerprint density at radius 2 is 1.68 bits per heavy atom. The second kappa shape index (κ2) is 8.40. The molecule has 4 rings (SSSR count). The van der Waals surface area contributed by atoms with E-state index in [-0.39, 0.29) is 49.1 Å². The van der Waals surface area contributed by atoms with Crippen LogP contribution in [0.5, 0.6) is 0 Å². The fraction of sp³-hybridized carbons (Fsp3) is 0.238. The number of carbonyl (C=O) groups is 1. The molecule has 1 saturated heterocycles. The molecule has 0 spiro atoms. The predicted molar refractivity (Wildman–Crippen MR) is 114 cm³/mol. The van der Waals surface area contributed by atoms with Crippen LogP contribution in [0.2, 0.25) is 0 Å². The summed E-state index contributed by atoms with van der Waals surface area (Å²) < 4.78 is 27.0. The molecule has 2 aromatic carbocycles. The number of aromatic nitrogens is 1. The Hall–Kier alpha value is -3.37. The first-order valence-electron chi connectivity index (χ1n) is 9.71. The summed E-state index contributed by atoms with van der Waals surface area (Å²) in [5.74, 6) is -0.0782. The highest BCUT2D eigenvalue weighted by Gasteiger charge is 2.30. The minimum Gasteiger partial charge on any atom is -0.340 e. The number of sulfonamides is 1. The summed E-state index contributed by atoms with van der Waals surface area (Å²) in [6.45, 7) is 0.893. The van der Waals surface area contributed by atoms with E-state index in [0.717, 1.165) is 16.5 Å². The van der Waals surface area contributed by atoms with Crippen LogP contribution in [0.25, 0.3) is 10.9 Å². The molecule has 0 saturated carbocycles. The van der Waals surface area contributed by atoms with E-state index < -0.39 is 14.9 Å². The second-order valence-electron chi connectivity index (χ2n) is 7.20. The summed E-state index contributed by atoms with van der Waals surface area (Å²) in [6, 6.07) is 14.3. The number of piperazine rings is 1. The zero-order valence-corrected chi connectivity index (χ0v) is 17.4. The van der Waals surface area contributed by atoms with Crippen LogP contribution in [0.15, 0.2) is 65.7 Å². The Kier molecular flexibility index (Phi) is 5.66. The normalized spacial score (nSPS) is 15.2. The highest BCUT2D eigenvalue weighted by atomic mass is 32.2. The van der Waals surface area contributed by atoms with Crippen molar-refractivity contribution >= 4 is 32.5 Å². The number of pyridine rings is 1. The van der Waals surface area contributed by atoms with Crippen LogP contribution >= 0.6 is 0 Å². The van der Waals surface area contributed by atoms with E-state index in [1.165, 1.54) is 28.6 Å². The van der Waals surface area contributed by atoms with Crippen LogP contribution in [-0.2, 0) is 21.2 Å². The van der Waals surface area contributed by atoms with E-state index in [4.69, 9.17) is 0 Å². The van der Waals surface area contributed by atoms with Crippen LogP contribution in [-0.4, -0.2) is 59.6 Å². The van der Waals surface area contributed by atoms with Crippen molar-refractivity contribution in [3.05, 3.63) is 76.5 Å². The maximum Gasteiger partial charge on any atom is 0.269 e. The lowest BCUT2D eigenvalue weighted by Crippen LogP contribution is -2.50. The molecule has 0 radical (unpaired) electrons. The number of carbonyl (C=O) groups excluding carboxylic acids is 1. The van der Waals surface area contributed by atoms with E-state index in [9.17, 15) is 23.3 Å². The first-order chi connectivity index (χ1) is 14.9. The minimum atomic E-state index is -3.78. The largest absolute Gasteiger partial charge is 0.340 e. The third kappa shape index (κ3) is 4.25. The minimum absolute atomic E-state index is 0.000272. The van der Waals surface area contributed by atoms with Crippen molar-refractivity contribution in [2.24, 2.45) is 0 Å². The van der Waals surface area contributed by atoms with Crippen molar-refractivity contribution in [3.63, 3.8) is 0 Å². The highest BCUT2D eigenvalue weighted by Crippen LogP contribution is 2.22. The molecule has 1 aliphatic heterocycles. The number of non-ortho nitro benzene ring substituents is 1. The predicted octanol–water partition coefficient (Wildman–Crippen LogP) is 2.22. The molecule has 9 nitrogen and oxygen atoms in total. The average Bonchev–Trinajstić information content (AvgIpc) is 2.79. The Morgan fingerprint density at radius 3 is 2.35 bits per heavy atom. The molecule has 0 bridgehead atoms. The van der Waals surface area contributed by atoms with Crippen molar-refractivity contribution in [1.29, 1.82) is 0 Å². The molecular formula is C21H20N4O5S. The molecular weight excluding hydrogens is 420 g/mol. The zero-order valence-electron chi connectivity index (χ0n) is 16.5. The molecule has 1 amide bonds. The van der Waals surface area contributed by atoms with Gasteiger partial charge in [0.05, 0.1) is 21.8 Å². The first kappa shape index (κ1) is 20.9. The number of amides is 1. The lowest BCUT2D eigenvalue weighted by Gasteiger charge is -2.34. The number of benzene rings is 2. The Morgan fingerprint density at radius 1 is 1.00 bits per heavy atom. The molecule has 3 aromatic rings. The van der Waals surface area contributed by atoms with Gasteiger partial charge in [-0.3, -0.25) is 19.9 Å². The van der Waals surface area contributed by atoms with E-state index in [1.807, 2.05) is 30.3 Å². The van der Waals surface area contributed by atoms with Gasteiger partial charge in [-0.15, -0.1) is 0 Å². The number of rotatable bonds is 5. The monoisotopic (exact) mass is 440 g/mol. The maximum absolute atomic E-state index is 12.8. The third-order valence-corrected chi connectivity index (χ3v) is 7.25. The summed E-state index contributed by atoms with van der Waals surface area (Å²) in [6.07, 6.45) is 1.89. The molecule has 160 valence electrons. The standard InChI is InChI=1S/C21H20N4O5S/c26-20(15-17-4-1-3-16-5-2-10-22-21(16)17)23-11-13-24(14-12-23)31(29,30)19-8-6-18(7-9-19)25(27)28/h1-10H,11-15H2. The van der Waals surface area contributed by atoms with Gasteiger partial charge in [0, 0.05) is 49.9 Å². The van der Waals surface area contributed by atoms with Crippen molar-refractivity contribution < 1.29 is 18.1 Å². The number of para-hydroxylation sites is 1. The van der Waals surface area contributed by atoms with Gasteiger partial charge < -0.3 is 4.90 Å². The lowest BCUT2D eigenvalue weighted by molar-refractivity contribution is -0.384. The number of nitrogens with zero attached hydrogens (tertiary/aromatic N) is 4. The highest BCUT2D eigenvalue weighted by molar-refractivity contribution is 7.89. The van der Waals surface area contributed by atoms with Crippen LogP contribution < -0.4 is 0 Å². The van der Waals surface area contributed by atoms with Crippen molar-refractivity contribution in [2.75, 3.05) is 26.2 Å². The Bertz CT molecular complexity index is 1230. The van der Waals surface area contributed by atoms with E-state index in [0.29, 0.717) is 0 Å². The SMILES string of the molecule is O=C(Cc1cccc2cccnc12)N1CCN(S(=O)(=O)c2ccc([N+](=O)[O-])cc2)CC1. The summed E-state index contributed by atoms with van der Waals surface area (Å²) in [7, 11) is -3.78. The van der Waals surface area contributed by atoms with Crippen molar-refractivity contribution in [1.82, 2.24) is 14.2 Å². The quantitative estimate of drug-likeness (QED) is 0.444. The molecule has 0 N–H and O–H groups in total. The van der Waals surface area contributed by atoms with Gasteiger partial charge in [0.2, 0.25) is 15.9 Å². The first-order valence-corrected chi connectivity index (χ1v) is 11.2. The molecule has 1 fully saturated rings. The molecule has 0 unspecified atom stereocenters. The van der Waals surface area contributed by atoms with Gasteiger partial charge in [0.15, 0.2) is 0 Å². The van der Waals surface area contributed by atoms with Gasteiger partial charge in [0.1, 0.15) is 0 Å². The van der Waals surface area contributed by atoms with Gasteiger partial charge >= 0.3 is 0 Å². The van der Waals surface area contributed by atoms with Crippen LogP contribution in [0.1, 0.15) is 5.56 Å². The van der Waals surface area contributed by atoms with Gasteiger partial charge in [-0.05, 0) is 23.8 Å². The fourth-order valence-electron chi connectivity index (χ4n) is 3.65. The van der Waals surface area contributed by atoms with Crippen LogP contribution in [0.3, 0.4) is 0 Å². The molecule has 10 heteroatoms. The van der Waals surface area contributed by atoms with Gasteiger partial charge in [0.25, 0.3) is 5.69 Å². The van der Waals surface area contributed by atoms with Crippen molar-refractivity contribution in [3.8, 4) is 0 Å². The summed E-state index contributed by atoms with van der Waals surface area (Å²) in [5.41, 5.74) is 1.46. The van der Waals surface area contributed by atoms with Crippen LogP contribution in [0.4, 0.5) is 5.69 Å². The lowest BCUT2D eigenvalue weighted by atomic mass is 10.1. The third-order valence-electron chi connectivity index (χ3n) is 5.33. The van der Waals surface area contributed by atoms with Crippen molar-refractivity contribution in [2.45, 2.75) is 11.3 Å². The Labute approximate surface area is 179 Å². The number of fused-ring (bicyclic) bond motifs is 1. The topological polar surface area (TPSA) is 114 Å². The molecule has 2 heterocycles. The number of hydrogen-bond acceptors (Lipinski definition) is 6. The maximum atomic E-state index is 12.8. The summed E-state index contributed by atoms with van der Waals surface area (Å²) in [4.78, 5) is 29.0. The number of nitro groups is 1. The van der Waals surface area contributed by atoms with E-state index in [1.54, 1.807) is 11.1 Å². The molecule has 0 aliphatic carbocycles. The second-order valence-corrected chi connectivity index (χ2v) is 9.14. The number of nitro benzene ring substituents is 1. The molecule has 1 aromatic heterocycles. The smallest absolute Gasteiger partial charge is 0.269 e. The van der Waals surface area contributed by atoms with Gasteiger partial charge in [-0.1, -0.05) is 24.3 Å². The molecule has 0 atom stereocenters. The summed E-state index contributed by atoms with van der Waals surface area (Å²) >= 11 is 0. The zero-order chi connectivity index (χ0) is 22.0. The molecule has 1 aliphatic rings. The fourth-order valence-corrected chi connectivity index (χ4v) is 5.07. The summed E-state index contributed by atoms with van der Waals surface area (Å²) in [5, 5.41) is 11.7. The van der Waals surface area contributed by atoms with E-state index >= 15 is 0 Å². The van der Waals surface area contributed by atoms with Gasteiger partial charge in [-0.25, -0.2) is 8.42 Å². The van der Waals surface area contributed by atoms with Gasteiger partial charge in [-0.2, -0.15) is 4.31 Å². The number of hydrogen-bond donors (Lipinski definition) is 0.